The van der Waals surface area contributed by atoms with E-state index < -0.39 is 0 Å². The van der Waals surface area contributed by atoms with Gasteiger partial charge in [-0.2, -0.15) is 0 Å². The molecule has 8 heteroatoms. The molecule has 0 aliphatic carbocycles. The van der Waals surface area contributed by atoms with Gasteiger partial charge in [-0.05, 0) is 0 Å². The highest BCUT2D eigenvalue weighted by Crippen LogP contribution is 2.47. The number of benzene rings is 1. The highest BCUT2D eigenvalue weighted by atomic mass is 32.2. The summed E-state index contributed by atoms with van der Waals surface area (Å²) in [5.74, 6) is 0.0438. The van der Waals surface area contributed by atoms with Crippen molar-refractivity contribution in [2.24, 2.45) is 0 Å². The Kier molecular flexibility index (Phi) is 5.29. The molecule has 0 saturated carbocycles. The standard InChI is InChI=1S/C16H20N2O2S4/c1-5-7-17(3)15-21-11-9(19)10(20)12-14(13(11)23-15)24-16(22-12)18(4)8-6-2/h5-8H2,1-4H3/p+2. The van der Waals surface area contributed by atoms with Crippen molar-refractivity contribution in [1.29, 1.82) is 0 Å². The smallest absolute Gasteiger partial charge is 0.314 e. The Morgan fingerprint density at radius 1 is 0.667 bits per heavy atom. The number of rotatable bonds is 4. The molecule has 130 valence electrons. The molecule has 3 rings (SSSR count). The van der Waals surface area contributed by atoms with Gasteiger partial charge in [0.1, 0.15) is 27.2 Å². The fraction of sp³-hybridized carbons (Fsp3) is 0.500. The van der Waals surface area contributed by atoms with E-state index in [9.17, 15) is 10.2 Å². The van der Waals surface area contributed by atoms with Gasteiger partial charge < -0.3 is 10.2 Å². The van der Waals surface area contributed by atoms with Crippen LogP contribution in [0.2, 0.25) is 0 Å². The van der Waals surface area contributed by atoms with Crippen molar-refractivity contribution in [2.75, 3.05) is 27.2 Å². The molecule has 2 aromatic heterocycles. The molecule has 24 heavy (non-hydrogen) atoms. The number of hydrogen-bond donors (Lipinski definition) is 2. The van der Waals surface area contributed by atoms with E-state index in [1.807, 2.05) is 0 Å². The second kappa shape index (κ2) is 7.11. The van der Waals surface area contributed by atoms with Crippen LogP contribution in [0.25, 0.3) is 18.8 Å². The van der Waals surface area contributed by atoms with Crippen molar-refractivity contribution in [2.45, 2.75) is 26.7 Å². The molecule has 0 bridgehead atoms. The summed E-state index contributed by atoms with van der Waals surface area (Å²) in [5, 5.41) is 21.0. The molecule has 0 spiro atoms. The first kappa shape index (κ1) is 17.8. The average molecular weight is 403 g/mol. The third-order valence-electron chi connectivity index (χ3n) is 3.77. The summed E-state index contributed by atoms with van der Waals surface area (Å²) < 4.78 is 10.5. The number of fused-ring (bicyclic) bond motifs is 3. The minimum atomic E-state index is 0.0219. The maximum Gasteiger partial charge on any atom is 0.314 e. The predicted molar refractivity (Wildman–Crippen MR) is 109 cm³/mol. The maximum atomic E-state index is 10.5. The van der Waals surface area contributed by atoms with E-state index >= 15 is 0 Å². The summed E-state index contributed by atoms with van der Waals surface area (Å²) in [5.41, 5.74) is 0. The molecule has 2 N–H and O–H groups in total. The molecule has 0 aliphatic heterocycles. The first-order valence-corrected chi connectivity index (χ1v) is 11.2. The van der Waals surface area contributed by atoms with E-state index in [1.165, 1.54) is 0 Å². The minimum absolute atomic E-state index is 0.0219. The number of phenolic OH excluding ortho intramolecular Hbond substituents is 2. The minimum Gasteiger partial charge on any atom is -0.503 e. The van der Waals surface area contributed by atoms with Crippen LogP contribution in [-0.2, 0) is 0 Å². The van der Waals surface area contributed by atoms with Gasteiger partial charge in [0.15, 0.2) is 11.5 Å². The fourth-order valence-electron chi connectivity index (χ4n) is 2.57. The fourth-order valence-corrected chi connectivity index (χ4v) is 8.01. The Morgan fingerprint density at radius 2 is 1.00 bits per heavy atom. The Bertz CT molecular complexity index is 953. The SMILES string of the molecule is CCC[N+](C)=c1sc2c(O)c(O)c3sc(=[N+](C)CCC)sc3c2s1. The van der Waals surface area contributed by atoms with Crippen molar-refractivity contribution in [3.63, 3.8) is 0 Å². The van der Waals surface area contributed by atoms with Gasteiger partial charge >= 0.3 is 7.97 Å². The molecule has 0 unspecified atom stereocenters. The van der Waals surface area contributed by atoms with Crippen LogP contribution in [0.3, 0.4) is 0 Å². The zero-order chi connectivity index (χ0) is 17.4. The Balaban J connectivity index is 2.41. The van der Waals surface area contributed by atoms with Gasteiger partial charge in [0.25, 0.3) is 0 Å². The highest BCUT2D eigenvalue weighted by Gasteiger charge is 2.21. The lowest BCUT2D eigenvalue weighted by Crippen LogP contribution is -2.21. The molecular weight excluding hydrogens is 380 g/mol. The lowest BCUT2D eigenvalue weighted by atomic mass is 10.3. The van der Waals surface area contributed by atoms with E-state index in [4.69, 9.17) is 0 Å². The second-order valence-electron chi connectivity index (χ2n) is 5.80. The molecule has 3 aromatic rings. The van der Waals surface area contributed by atoms with Gasteiger partial charge in [0, 0.05) is 12.8 Å². The van der Waals surface area contributed by atoms with Gasteiger partial charge in [0.2, 0.25) is 0 Å². The maximum absolute atomic E-state index is 10.5. The van der Waals surface area contributed by atoms with E-state index in [1.54, 1.807) is 45.3 Å². The molecular formula is C16H22N2O2S4+2. The molecule has 0 radical (unpaired) electrons. The largest absolute Gasteiger partial charge is 0.503 e. The number of hydrogen-bond acceptors (Lipinski definition) is 6. The van der Waals surface area contributed by atoms with Gasteiger partial charge in [-0.3, -0.25) is 0 Å². The van der Waals surface area contributed by atoms with Crippen molar-refractivity contribution in [3.8, 4) is 11.5 Å². The number of aromatic hydroxyl groups is 2. The summed E-state index contributed by atoms with van der Waals surface area (Å²) in [6.45, 7) is 6.28. The van der Waals surface area contributed by atoms with E-state index in [0.717, 1.165) is 52.7 Å². The molecule has 1 aromatic carbocycles. The Labute approximate surface area is 156 Å². The number of phenols is 2. The van der Waals surface area contributed by atoms with E-state index in [0.29, 0.717) is 0 Å². The monoisotopic (exact) mass is 402 g/mol. The quantitative estimate of drug-likeness (QED) is 0.520. The first-order valence-electron chi connectivity index (χ1n) is 7.97. The third-order valence-corrected chi connectivity index (χ3v) is 9.53. The summed E-state index contributed by atoms with van der Waals surface area (Å²) >= 11 is 6.54. The molecule has 0 atom stereocenters. The zero-order valence-corrected chi connectivity index (χ0v) is 17.5. The van der Waals surface area contributed by atoms with E-state index in [-0.39, 0.29) is 11.5 Å². The first-order chi connectivity index (χ1) is 11.5. The predicted octanol–water partition coefficient (Wildman–Crippen LogP) is 3.27. The van der Waals surface area contributed by atoms with Crippen LogP contribution in [0, 0.1) is 0 Å². The number of nitrogens with zero attached hydrogens (tertiary/aromatic N) is 2. The van der Waals surface area contributed by atoms with Crippen molar-refractivity contribution < 1.29 is 10.2 Å². The summed E-state index contributed by atoms with van der Waals surface area (Å²) in [6.07, 6.45) is 2.16. The van der Waals surface area contributed by atoms with Crippen LogP contribution in [0.4, 0.5) is 0 Å². The van der Waals surface area contributed by atoms with Crippen LogP contribution in [0.1, 0.15) is 26.7 Å². The third kappa shape index (κ3) is 3.00. The molecule has 0 aliphatic rings. The average Bonchev–Trinajstić information content (AvgIpc) is 3.17. The molecule has 0 saturated heterocycles. The molecule has 0 amide bonds. The van der Waals surface area contributed by atoms with Crippen molar-refractivity contribution in [3.05, 3.63) is 7.97 Å². The van der Waals surface area contributed by atoms with Gasteiger partial charge in [-0.1, -0.05) is 59.2 Å². The molecule has 2 heterocycles. The van der Waals surface area contributed by atoms with Gasteiger partial charge in [-0.15, -0.1) is 0 Å². The van der Waals surface area contributed by atoms with Gasteiger partial charge in [0.05, 0.1) is 18.8 Å². The summed E-state index contributed by atoms with van der Waals surface area (Å²) in [4.78, 5) is 0. The van der Waals surface area contributed by atoms with Crippen LogP contribution >= 0.6 is 45.3 Å². The molecule has 4 nitrogen and oxygen atoms in total. The second-order valence-corrected chi connectivity index (χ2v) is 10.3. The summed E-state index contributed by atoms with van der Waals surface area (Å²) in [6, 6.07) is 0. The van der Waals surface area contributed by atoms with Crippen LogP contribution < -0.4 is 17.1 Å². The van der Waals surface area contributed by atoms with Crippen LogP contribution in [0.15, 0.2) is 0 Å². The highest BCUT2D eigenvalue weighted by molar-refractivity contribution is 7.42. The van der Waals surface area contributed by atoms with Crippen molar-refractivity contribution >= 4 is 64.1 Å². The Morgan fingerprint density at radius 3 is 1.33 bits per heavy atom. The zero-order valence-electron chi connectivity index (χ0n) is 14.3. The molecule has 0 fully saturated rings. The normalized spacial score (nSPS) is 14.5. The van der Waals surface area contributed by atoms with Crippen LogP contribution in [-0.4, -0.2) is 37.4 Å². The van der Waals surface area contributed by atoms with Gasteiger partial charge in [-0.25, -0.2) is 9.15 Å². The van der Waals surface area contributed by atoms with Crippen molar-refractivity contribution in [1.82, 2.24) is 9.15 Å². The lowest BCUT2D eigenvalue weighted by Gasteiger charge is -1.98. The summed E-state index contributed by atoms with van der Waals surface area (Å²) in [7, 11) is 4.16. The van der Waals surface area contributed by atoms with E-state index in [2.05, 4.69) is 37.1 Å². The van der Waals surface area contributed by atoms with Crippen LogP contribution in [0.5, 0.6) is 11.5 Å². The lowest BCUT2D eigenvalue weighted by molar-refractivity contribution is 0.414. The topological polar surface area (TPSA) is 46.5 Å². The Hall–Kier alpha value is -0.960.